The number of hydrogen-bond acceptors (Lipinski definition) is 5. The number of Topliss-reactive ketones (excluding diaryl/α,β-unsaturated/α-hetero) is 1. The van der Waals surface area contributed by atoms with Gasteiger partial charge >= 0.3 is 5.97 Å². The lowest BCUT2D eigenvalue weighted by molar-refractivity contribution is 0.0519. The van der Waals surface area contributed by atoms with E-state index < -0.39 is 5.97 Å². The minimum absolute atomic E-state index is 0.0166. The van der Waals surface area contributed by atoms with E-state index in [2.05, 4.69) is 4.98 Å². The molecule has 2 aromatic rings. The van der Waals surface area contributed by atoms with E-state index >= 15 is 0 Å². The lowest BCUT2D eigenvalue weighted by atomic mass is 9.81. The number of aromatic amines is 1. The minimum Gasteiger partial charge on any atom is -0.493 e. The van der Waals surface area contributed by atoms with Crippen molar-refractivity contribution in [2.24, 2.45) is 0 Å². The van der Waals surface area contributed by atoms with Gasteiger partial charge in [0.1, 0.15) is 5.69 Å². The van der Waals surface area contributed by atoms with E-state index in [0.717, 1.165) is 11.3 Å². The molecule has 1 aliphatic rings. The zero-order valence-corrected chi connectivity index (χ0v) is 15.5. The molecule has 1 aromatic carbocycles. The zero-order valence-electron chi connectivity index (χ0n) is 15.5. The van der Waals surface area contributed by atoms with Gasteiger partial charge in [-0.1, -0.05) is 6.07 Å². The first-order valence-electron chi connectivity index (χ1n) is 8.63. The number of hydrogen-bond donors (Lipinski definition) is 1. The van der Waals surface area contributed by atoms with Gasteiger partial charge in [0.2, 0.25) is 0 Å². The van der Waals surface area contributed by atoms with Gasteiger partial charge in [-0.05, 0) is 49.4 Å². The number of carbonyl (C=O) groups excluding carboxylic acids is 2. The van der Waals surface area contributed by atoms with E-state index in [1.807, 2.05) is 18.2 Å². The average Bonchev–Trinajstić information content (AvgIpc) is 2.98. The molecule has 0 amide bonds. The summed E-state index contributed by atoms with van der Waals surface area (Å²) in [5.74, 6) is 0.922. The van der Waals surface area contributed by atoms with E-state index in [4.69, 9.17) is 14.2 Å². The molecular formula is C20H23NO5. The smallest absolute Gasteiger partial charge is 0.355 e. The summed E-state index contributed by atoms with van der Waals surface area (Å²) in [6, 6.07) is 5.70. The Bertz CT molecular complexity index is 852. The van der Waals surface area contributed by atoms with Crippen molar-refractivity contribution in [2.75, 3.05) is 20.8 Å². The predicted octanol–water partition coefficient (Wildman–Crippen LogP) is 3.43. The lowest BCUT2D eigenvalue weighted by Gasteiger charge is -2.23. The maximum Gasteiger partial charge on any atom is 0.355 e. The Morgan fingerprint density at radius 3 is 2.58 bits per heavy atom. The number of nitrogens with one attached hydrogen (secondary N) is 1. The van der Waals surface area contributed by atoms with Crippen molar-refractivity contribution in [2.45, 2.75) is 32.6 Å². The van der Waals surface area contributed by atoms with Gasteiger partial charge in [0.25, 0.3) is 0 Å². The van der Waals surface area contributed by atoms with Gasteiger partial charge < -0.3 is 19.2 Å². The highest BCUT2D eigenvalue weighted by Crippen LogP contribution is 2.38. The first-order valence-corrected chi connectivity index (χ1v) is 8.63. The van der Waals surface area contributed by atoms with Crippen molar-refractivity contribution in [1.82, 2.24) is 4.98 Å². The number of carbonyl (C=O) groups is 2. The van der Waals surface area contributed by atoms with Crippen LogP contribution in [0.3, 0.4) is 0 Å². The SMILES string of the molecule is CCOC(=O)c1[nH]c2c(c1C)C(=O)C[C@@H](c1ccc(OC)c(OC)c1)C2. The van der Waals surface area contributed by atoms with Crippen molar-refractivity contribution in [1.29, 1.82) is 0 Å². The Labute approximate surface area is 152 Å². The van der Waals surface area contributed by atoms with Crippen LogP contribution >= 0.6 is 0 Å². The van der Waals surface area contributed by atoms with Crippen LogP contribution in [0.25, 0.3) is 0 Å². The van der Waals surface area contributed by atoms with Crippen LogP contribution in [0.4, 0.5) is 0 Å². The molecule has 0 aliphatic heterocycles. The third-order valence-electron chi connectivity index (χ3n) is 4.85. The molecule has 0 spiro atoms. The fourth-order valence-electron chi connectivity index (χ4n) is 3.58. The largest absolute Gasteiger partial charge is 0.493 e. The van der Waals surface area contributed by atoms with Gasteiger partial charge in [-0.3, -0.25) is 4.79 Å². The Balaban J connectivity index is 1.94. The zero-order chi connectivity index (χ0) is 18.8. The second kappa shape index (κ2) is 7.23. The van der Waals surface area contributed by atoms with Crippen LogP contribution in [-0.2, 0) is 11.2 Å². The average molecular weight is 357 g/mol. The molecule has 0 bridgehead atoms. The quantitative estimate of drug-likeness (QED) is 0.830. The van der Waals surface area contributed by atoms with Crippen LogP contribution < -0.4 is 9.47 Å². The molecule has 0 unspecified atom stereocenters. The number of benzene rings is 1. The molecule has 1 aromatic heterocycles. The second-order valence-electron chi connectivity index (χ2n) is 6.34. The number of aromatic nitrogens is 1. The number of ketones is 1. The molecule has 138 valence electrons. The maximum absolute atomic E-state index is 12.7. The summed E-state index contributed by atoms with van der Waals surface area (Å²) in [7, 11) is 3.18. The van der Waals surface area contributed by atoms with Crippen LogP contribution in [0.2, 0.25) is 0 Å². The number of methoxy groups -OCH3 is 2. The Hall–Kier alpha value is -2.76. The molecule has 6 heteroatoms. The first kappa shape index (κ1) is 18.0. The van der Waals surface area contributed by atoms with Crippen molar-refractivity contribution in [3.8, 4) is 11.5 Å². The number of H-pyrrole nitrogens is 1. The van der Waals surface area contributed by atoms with Crippen molar-refractivity contribution in [3.63, 3.8) is 0 Å². The molecule has 1 atom stereocenters. The third-order valence-corrected chi connectivity index (χ3v) is 4.85. The van der Waals surface area contributed by atoms with Crippen molar-refractivity contribution >= 4 is 11.8 Å². The Morgan fingerprint density at radius 1 is 1.19 bits per heavy atom. The van der Waals surface area contributed by atoms with E-state index in [1.54, 1.807) is 28.1 Å². The Kier molecular flexibility index (Phi) is 5.02. The summed E-state index contributed by atoms with van der Waals surface area (Å²) < 4.78 is 15.7. The monoisotopic (exact) mass is 357 g/mol. The van der Waals surface area contributed by atoms with E-state index in [0.29, 0.717) is 47.8 Å². The topological polar surface area (TPSA) is 77.6 Å². The first-order chi connectivity index (χ1) is 12.5. The highest BCUT2D eigenvalue weighted by Gasteiger charge is 2.32. The molecule has 3 rings (SSSR count). The molecule has 0 saturated heterocycles. The summed E-state index contributed by atoms with van der Waals surface area (Å²) in [4.78, 5) is 28.0. The molecule has 6 nitrogen and oxygen atoms in total. The normalized spacial score (nSPS) is 16.2. The van der Waals surface area contributed by atoms with E-state index in [1.165, 1.54) is 0 Å². The molecule has 0 saturated carbocycles. The minimum atomic E-state index is -0.421. The van der Waals surface area contributed by atoms with Crippen LogP contribution in [0.15, 0.2) is 18.2 Å². The van der Waals surface area contributed by atoms with E-state index in [9.17, 15) is 9.59 Å². The van der Waals surface area contributed by atoms with Crippen LogP contribution in [0.5, 0.6) is 11.5 Å². The maximum atomic E-state index is 12.7. The standard InChI is InChI=1S/C20H23NO5/c1-5-26-20(23)19-11(2)18-14(21-19)8-13(9-15(18)22)12-6-7-16(24-3)17(10-12)25-4/h6-7,10,13,21H,5,8-9H2,1-4H3/t13-/m0/s1. The summed E-state index contributed by atoms with van der Waals surface area (Å²) in [6.45, 7) is 3.84. The van der Waals surface area contributed by atoms with Crippen molar-refractivity contribution < 1.29 is 23.8 Å². The number of rotatable bonds is 5. The van der Waals surface area contributed by atoms with Crippen molar-refractivity contribution in [3.05, 3.63) is 46.3 Å². The lowest BCUT2D eigenvalue weighted by Crippen LogP contribution is -2.18. The predicted molar refractivity (Wildman–Crippen MR) is 96.4 cm³/mol. The fraction of sp³-hybridized carbons (Fsp3) is 0.400. The highest BCUT2D eigenvalue weighted by atomic mass is 16.5. The number of ether oxygens (including phenoxy) is 3. The highest BCUT2D eigenvalue weighted by molar-refractivity contribution is 6.03. The molecular weight excluding hydrogens is 334 g/mol. The summed E-state index contributed by atoms with van der Waals surface area (Å²) >= 11 is 0. The second-order valence-corrected chi connectivity index (χ2v) is 6.34. The van der Waals surface area contributed by atoms with E-state index in [-0.39, 0.29) is 11.7 Å². The van der Waals surface area contributed by atoms with Gasteiger partial charge in [-0.2, -0.15) is 0 Å². The van der Waals surface area contributed by atoms with Crippen LogP contribution in [-0.4, -0.2) is 37.6 Å². The van der Waals surface area contributed by atoms with Crippen LogP contribution in [0.1, 0.15) is 56.9 Å². The van der Waals surface area contributed by atoms with Gasteiger partial charge in [0.05, 0.1) is 20.8 Å². The summed E-state index contributed by atoms with van der Waals surface area (Å²) in [6.07, 6.45) is 1.04. The molecule has 1 N–H and O–H groups in total. The third kappa shape index (κ3) is 3.07. The molecule has 1 aliphatic carbocycles. The van der Waals surface area contributed by atoms with Gasteiger partial charge in [0.15, 0.2) is 17.3 Å². The molecule has 0 fully saturated rings. The van der Waals surface area contributed by atoms with Gasteiger partial charge in [-0.25, -0.2) is 4.79 Å². The molecule has 0 radical (unpaired) electrons. The number of fused-ring (bicyclic) bond motifs is 1. The summed E-state index contributed by atoms with van der Waals surface area (Å²) in [5, 5.41) is 0. The van der Waals surface area contributed by atoms with Gasteiger partial charge in [0, 0.05) is 17.7 Å². The van der Waals surface area contributed by atoms with Crippen LogP contribution in [0, 0.1) is 6.92 Å². The Morgan fingerprint density at radius 2 is 1.92 bits per heavy atom. The fourth-order valence-corrected chi connectivity index (χ4v) is 3.58. The number of esters is 1. The van der Waals surface area contributed by atoms with Gasteiger partial charge in [-0.15, -0.1) is 0 Å². The molecule has 26 heavy (non-hydrogen) atoms. The summed E-state index contributed by atoms with van der Waals surface area (Å²) in [5.41, 5.74) is 3.48. The molecule has 1 heterocycles.